The summed E-state index contributed by atoms with van der Waals surface area (Å²) in [6, 6.07) is 12.5. The van der Waals surface area contributed by atoms with Crippen LogP contribution in [0.3, 0.4) is 0 Å². The van der Waals surface area contributed by atoms with Gasteiger partial charge in [-0.2, -0.15) is 0 Å². The Labute approximate surface area is 226 Å². The van der Waals surface area contributed by atoms with Crippen LogP contribution in [0.4, 0.5) is 11.4 Å². The molecule has 9 heteroatoms. The number of fused-ring (bicyclic) bond motifs is 1. The molecule has 0 bridgehead atoms. The maximum Gasteiger partial charge on any atom is 0.316 e. The molecule has 5 rings (SSSR count). The van der Waals surface area contributed by atoms with Crippen molar-refractivity contribution in [1.29, 1.82) is 0 Å². The maximum absolute atomic E-state index is 13.1. The first-order chi connectivity index (χ1) is 17.1. The van der Waals surface area contributed by atoms with Crippen LogP contribution < -0.4 is 14.5 Å². The molecule has 1 saturated carbocycles. The largest absolute Gasteiger partial charge is 0.426 e. The predicted molar refractivity (Wildman–Crippen MR) is 143 cm³/mol. The van der Waals surface area contributed by atoms with Crippen LogP contribution in [0, 0.1) is 31.6 Å². The molecule has 3 fully saturated rings. The molecule has 0 aromatic heterocycles. The molecule has 0 radical (unpaired) electrons. The Balaban J connectivity index is 1.28. The average Bonchev–Trinajstić information content (AvgIpc) is 3.33. The van der Waals surface area contributed by atoms with Crippen LogP contribution in [0.2, 0.25) is 0 Å². The second kappa shape index (κ2) is 9.74. The first-order valence-electron chi connectivity index (χ1n) is 12.0. The lowest BCUT2D eigenvalue weighted by Gasteiger charge is -2.29. The predicted octanol–water partition coefficient (Wildman–Crippen LogP) is 4.69. The molecule has 2 aliphatic heterocycles. The minimum atomic E-state index is -0.572. The van der Waals surface area contributed by atoms with Gasteiger partial charge < -0.3 is 9.64 Å². The van der Waals surface area contributed by atoms with E-state index in [0.29, 0.717) is 29.8 Å². The van der Waals surface area contributed by atoms with Crippen LogP contribution in [-0.2, 0) is 19.2 Å². The number of ether oxygens (including phenoxy) is 1. The molecule has 2 saturated heterocycles. The van der Waals surface area contributed by atoms with Gasteiger partial charge >= 0.3 is 5.97 Å². The highest BCUT2D eigenvalue weighted by molar-refractivity contribution is 9.12. The van der Waals surface area contributed by atoms with E-state index < -0.39 is 11.9 Å². The topological polar surface area (TPSA) is 84.0 Å². The van der Waals surface area contributed by atoms with Gasteiger partial charge in [-0.05, 0) is 68.1 Å². The maximum atomic E-state index is 13.1. The second-order valence-corrected chi connectivity index (χ2v) is 12.2. The summed E-state index contributed by atoms with van der Waals surface area (Å²) in [7, 11) is 0. The van der Waals surface area contributed by atoms with E-state index in [1.54, 1.807) is 30.0 Å². The van der Waals surface area contributed by atoms with Crippen molar-refractivity contribution in [2.75, 3.05) is 16.3 Å². The molecule has 1 aliphatic carbocycles. The molecule has 2 aromatic carbocycles. The number of halogens is 2. The normalized spacial score (nSPS) is 28.0. The van der Waals surface area contributed by atoms with Gasteiger partial charge in [0, 0.05) is 28.3 Å². The zero-order valence-corrected chi connectivity index (χ0v) is 23.1. The summed E-state index contributed by atoms with van der Waals surface area (Å²) in [4.78, 5) is 54.9. The van der Waals surface area contributed by atoms with Crippen molar-refractivity contribution in [2.45, 2.75) is 42.8 Å². The van der Waals surface area contributed by atoms with E-state index in [4.69, 9.17) is 4.74 Å². The van der Waals surface area contributed by atoms with E-state index in [-0.39, 0.29) is 52.2 Å². The van der Waals surface area contributed by atoms with Crippen LogP contribution >= 0.6 is 31.9 Å². The molecule has 0 N–H and O–H groups in total. The van der Waals surface area contributed by atoms with Gasteiger partial charge in [-0.3, -0.25) is 19.2 Å². The molecule has 3 amide bonds. The Kier molecular flexibility index (Phi) is 6.80. The molecule has 5 atom stereocenters. The number of amides is 3. The molecule has 36 heavy (non-hydrogen) atoms. The number of carbonyl (C=O) groups is 4. The zero-order valence-electron chi connectivity index (χ0n) is 19.9. The fourth-order valence-electron chi connectivity index (χ4n) is 5.39. The number of carbonyl (C=O) groups excluding carboxylic acids is 4. The van der Waals surface area contributed by atoms with E-state index in [0.717, 1.165) is 11.3 Å². The van der Waals surface area contributed by atoms with Gasteiger partial charge in [-0.15, -0.1) is 0 Å². The van der Waals surface area contributed by atoms with Crippen LogP contribution in [0.5, 0.6) is 5.75 Å². The third-order valence-electron chi connectivity index (χ3n) is 7.31. The third-order valence-corrected chi connectivity index (χ3v) is 10.0. The van der Waals surface area contributed by atoms with E-state index in [1.165, 1.54) is 4.90 Å². The molecule has 188 valence electrons. The number of alkyl halides is 2. The Bertz CT molecular complexity index is 1240. The van der Waals surface area contributed by atoms with Crippen molar-refractivity contribution in [2.24, 2.45) is 17.8 Å². The summed E-state index contributed by atoms with van der Waals surface area (Å²) in [6.07, 6.45) is 1.30. The van der Waals surface area contributed by atoms with Crippen molar-refractivity contribution in [3.05, 3.63) is 53.6 Å². The standard InChI is InChI=1S/C27H26Br2N2O5/c1-14-4-3-5-17(8-14)30-13-16(10-24(30)32)27(35)36-18-6-7-23(15(2)9-18)31-25(33)19-11-21(28)22(29)12-20(19)26(31)34/h3-9,16,19-22H,10-13H2,1-2H3/t16-,19-,20+,21+,22+/m1/s1. The number of anilines is 2. The van der Waals surface area contributed by atoms with Crippen molar-refractivity contribution in [1.82, 2.24) is 0 Å². The fourth-order valence-corrected chi connectivity index (χ4v) is 6.62. The number of hydrogen-bond donors (Lipinski definition) is 0. The first kappa shape index (κ1) is 25.1. The molecule has 3 aliphatic rings. The van der Waals surface area contributed by atoms with Crippen molar-refractivity contribution >= 4 is 66.9 Å². The molecule has 7 nitrogen and oxygen atoms in total. The number of benzene rings is 2. The summed E-state index contributed by atoms with van der Waals surface area (Å²) in [5.74, 6) is -1.86. The number of rotatable bonds is 4. The van der Waals surface area contributed by atoms with Crippen molar-refractivity contribution in [3.63, 3.8) is 0 Å². The summed E-state index contributed by atoms with van der Waals surface area (Å²) in [6.45, 7) is 4.01. The molecule has 2 aromatic rings. The number of nitrogens with zero attached hydrogens (tertiary/aromatic N) is 2. The zero-order chi connectivity index (χ0) is 25.7. The fraction of sp³-hybridized carbons (Fsp3) is 0.407. The van der Waals surface area contributed by atoms with Crippen molar-refractivity contribution in [3.8, 4) is 5.75 Å². The van der Waals surface area contributed by atoms with E-state index in [2.05, 4.69) is 31.9 Å². The van der Waals surface area contributed by atoms with Gasteiger partial charge in [0.1, 0.15) is 5.75 Å². The minimum Gasteiger partial charge on any atom is -0.426 e. The summed E-state index contributed by atoms with van der Waals surface area (Å²) < 4.78 is 5.61. The lowest BCUT2D eigenvalue weighted by Crippen LogP contribution is -2.34. The quantitative estimate of drug-likeness (QED) is 0.215. The highest BCUT2D eigenvalue weighted by Crippen LogP contribution is 2.45. The Morgan fingerprint density at radius 1 is 0.944 bits per heavy atom. The first-order valence-corrected chi connectivity index (χ1v) is 13.8. The van der Waals surface area contributed by atoms with Gasteiger partial charge in [-0.1, -0.05) is 44.0 Å². The van der Waals surface area contributed by atoms with Crippen LogP contribution in [-0.4, -0.2) is 39.9 Å². The number of aryl methyl sites for hydroxylation is 2. The Hall–Kier alpha value is -2.52. The summed E-state index contributed by atoms with van der Waals surface area (Å²) in [5.41, 5.74) is 2.98. The average molecular weight is 618 g/mol. The van der Waals surface area contributed by atoms with Gasteiger partial charge in [0.2, 0.25) is 17.7 Å². The molecular weight excluding hydrogens is 592 g/mol. The van der Waals surface area contributed by atoms with Gasteiger partial charge in [0.15, 0.2) is 0 Å². The van der Waals surface area contributed by atoms with Crippen LogP contribution in [0.15, 0.2) is 42.5 Å². The highest BCUT2D eigenvalue weighted by atomic mass is 79.9. The monoisotopic (exact) mass is 616 g/mol. The third kappa shape index (κ3) is 4.52. The summed E-state index contributed by atoms with van der Waals surface area (Å²) >= 11 is 7.22. The van der Waals surface area contributed by atoms with Crippen LogP contribution in [0.25, 0.3) is 0 Å². The van der Waals surface area contributed by atoms with E-state index >= 15 is 0 Å². The lowest BCUT2D eigenvalue weighted by molar-refractivity contribution is -0.139. The molecular formula is C27H26Br2N2O5. The minimum absolute atomic E-state index is 0.0898. The number of esters is 1. The van der Waals surface area contributed by atoms with Gasteiger partial charge in [0.05, 0.1) is 23.4 Å². The second-order valence-electron chi connectivity index (χ2n) is 9.84. The lowest BCUT2D eigenvalue weighted by atomic mass is 9.81. The Morgan fingerprint density at radius 2 is 1.61 bits per heavy atom. The van der Waals surface area contributed by atoms with Gasteiger partial charge in [-0.25, -0.2) is 4.90 Å². The summed E-state index contributed by atoms with van der Waals surface area (Å²) in [5, 5.41) is 0. The van der Waals surface area contributed by atoms with Crippen LogP contribution in [0.1, 0.15) is 30.4 Å². The Morgan fingerprint density at radius 3 is 2.22 bits per heavy atom. The van der Waals surface area contributed by atoms with Gasteiger partial charge in [0.25, 0.3) is 0 Å². The number of hydrogen-bond acceptors (Lipinski definition) is 5. The highest BCUT2D eigenvalue weighted by Gasteiger charge is 2.52. The van der Waals surface area contributed by atoms with Crippen molar-refractivity contribution < 1.29 is 23.9 Å². The SMILES string of the molecule is Cc1cccc(N2C[C@H](C(=O)Oc3ccc(N4C(=O)[C@H]5C[C@H](Br)[C@@H](Br)C[C@H]5C4=O)c(C)c3)CC2=O)c1. The smallest absolute Gasteiger partial charge is 0.316 e. The number of imide groups is 1. The molecule has 0 unspecified atom stereocenters. The van der Waals surface area contributed by atoms with E-state index in [1.807, 2.05) is 31.2 Å². The van der Waals surface area contributed by atoms with E-state index in [9.17, 15) is 19.2 Å². The molecule has 2 heterocycles. The molecule has 0 spiro atoms.